The van der Waals surface area contributed by atoms with Crippen molar-refractivity contribution in [3.8, 4) is 0 Å². The second kappa shape index (κ2) is 22.9. The molecular weight excluding hydrogens is 326 g/mol. The summed E-state index contributed by atoms with van der Waals surface area (Å²) < 4.78 is 34.5. The average molecular weight is 354 g/mol. The molecule has 0 saturated heterocycles. The zero-order valence-electron chi connectivity index (χ0n) is 15.1. The van der Waals surface area contributed by atoms with E-state index >= 15 is 0 Å². The molecule has 23 heavy (non-hydrogen) atoms. The van der Waals surface area contributed by atoms with E-state index in [2.05, 4.69) is 11.1 Å². The van der Waals surface area contributed by atoms with E-state index in [4.69, 9.17) is 9.90 Å². The summed E-state index contributed by atoms with van der Waals surface area (Å²) in [5, 5.41) is 8.89. The van der Waals surface area contributed by atoms with Crippen molar-refractivity contribution in [1.82, 2.24) is 0 Å². The Morgan fingerprint density at radius 2 is 1.22 bits per heavy atom. The van der Waals surface area contributed by atoms with Crippen LogP contribution in [0.15, 0.2) is 0 Å². The topological polar surface area (TPSA) is 107 Å². The maximum Gasteiger partial charge on any atom is 1.00 e. The number of carbonyl (C=O) groups is 1. The van der Waals surface area contributed by atoms with Gasteiger partial charge in [-0.1, -0.05) is 64.7 Å². The molecule has 0 radical (unpaired) electrons. The summed E-state index contributed by atoms with van der Waals surface area (Å²) in [6.07, 6.45) is 11.7. The number of unbranched alkanes of at least 4 members (excludes halogenated alkanes) is 9. The molecule has 0 saturated carbocycles. The van der Waals surface area contributed by atoms with Gasteiger partial charge in [0.05, 0.1) is 6.61 Å². The third kappa shape index (κ3) is 45.1. The van der Waals surface area contributed by atoms with E-state index in [1.54, 1.807) is 0 Å². The Labute approximate surface area is 175 Å². The molecule has 6 nitrogen and oxygen atoms in total. The number of rotatable bonds is 12. The van der Waals surface area contributed by atoms with Crippen molar-refractivity contribution in [2.24, 2.45) is 0 Å². The fraction of sp³-hybridized carbons (Fsp3) is 0.929. The SMILES string of the molecule is CC(=O)[O-].CCCCCCCCCCCCOS(=O)(=O)[O-].[Li+].[Na+]. The maximum atomic E-state index is 10.1. The van der Waals surface area contributed by atoms with Gasteiger partial charge in [0.25, 0.3) is 0 Å². The molecule has 0 rings (SSSR count). The number of carboxylic acid groups (broad SMARTS) is 1. The molecule has 9 heteroatoms. The van der Waals surface area contributed by atoms with Crippen LogP contribution < -0.4 is 53.5 Å². The van der Waals surface area contributed by atoms with Gasteiger partial charge in [-0.05, 0) is 13.3 Å². The van der Waals surface area contributed by atoms with E-state index in [1.165, 1.54) is 44.9 Å². The van der Waals surface area contributed by atoms with Crippen molar-refractivity contribution in [3.05, 3.63) is 0 Å². The first-order valence-corrected chi connectivity index (χ1v) is 8.90. The fourth-order valence-corrected chi connectivity index (χ4v) is 2.07. The number of carboxylic acids is 1. The summed E-state index contributed by atoms with van der Waals surface area (Å²) in [5.41, 5.74) is 0. The summed E-state index contributed by atoms with van der Waals surface area (Å²) in [5.74, 6) is -1.08. The van der Waals surface area contributed by atoms with E-state index in [0.717, 1.165) is 19.8 Å². The quantitative estimate of drug-likeness (QED) is 0.154. The average Bonchev–Trinajstić information content (AvgIpc) is 2.34. The number of hydrogen-bond donors (Lipinski definition) is 0. The van der Waals surface area contributed by atoms with Gasteiger partial charge < -0.3 is 14.5 Å². The van der Waals surface area contributed by atoms with Crippen LogP contribution >= 0.6 is 0 Å². The minimum atomic E-state index is -4.48. The molecule has 0 amide bonds. The number of hydrogen-bond acceptors (Lipinski definition) is 6. The van der Waals surface area contributed by atoms with Crippen LogP contribution in [0.2, 0.25) is 0 Å². The van der Waals surface area contributed by atoms with Crippen LogP contribution in [-0.2, 0) is 19.4 Å². The Hall–Kier alpha value is 0.937. The fourth-order valence-electron chi connectivity index (χ4n) is 1.75. The van der Waals surface area contributed by atoms with Crippen molar-refractivity contribution in [2.75, 3.05) is 6.61 Å². The van der Waals surface area contributed by atoms with Crippen molar-refractivity contribution >= 4 is 16.4 Å². The molecular formula is C14H28LiNaO6S. The molecule has 0 fully saturated rings. The summed E-state index contributed by atoms with van der Waals surface area (Å²) in [7, 11) is -4.48. The van der Waals surface area contributed by atoms with Gasteiger partial charge in [-0.15, -0.1) is 0 Å². The van der Waals surface area contributed by atoms with Gasteiger partial charge >= 0.3 is 48.4 Å². The molecule has 0 aromatic carbocycles. The van der Waals surface area contributed by atoms with Gasteiger partial charge in [0, 0.05) is 5.97 Å². The largest absolute Gasteiger partial charge is 1.00 e. The van der Waals surface area contributed by atoms with E-state index in [-0.39, 0.29) is 55.0 Å². The monoisotopic (exact) mass is 354 g/mol. The first-order valence-electron chi connectivity index (χ1n) is 7.57. The van der Waals surface area contributed by atoms with Crippen molar-refractivity contribution in [3.63, 3.8) is 0 Å². The van der Waals surface area contributed by atoms with Gasteiger partial charge in [0.2, 0.25) is 10.4 Å². The predicted octanol–water partition coefficient (Wildman–Crippen LogP) is -3.85. The van der Waals surface area contributed by atoms with Crippen molar-refractivity contribution in [2.45, 2.75) is 78.1 Å². The van der Waals surface area contributed by atoms with Crippen LogP contribution in [0.5, 0.6) is 0 Å². The molecule has 0 N–H and O–H groups in total. The summed E-state index contributed by atoms with van der Waals surface area (Å²) in [6.45, 7) is 3.21. The zero-order chi connectivity index (χ0) is 16.6. The third-order valence-corrected chi connectivity index (χ3v) is 3.18. The van der Waals surface area contributed by atoms with Crippen molar-refractivity contribution in [1.29, 1.82) is 0 Å². The molecule has 0 aliphatic carbocycles. The molecule has 0 aromatic rings. The molecule has 0 aromatic heterocycles. The molecule has 0 unspecified atom stereocenters. The summed E-state index contributed by atoms with van der Waals surface area (Å²) in [4.78, 5) is 8.89. The molecule has 0 atom stereocenters. The second-order valence-electron chi connectivity index (χ2n) is 4.90. The smallest absolute Gasteiger partial charge is 0.726 e. The Balaban J connectivity index is -0.000000268. The molecule has 0 bridgehead atoms. The number of aliphatic carboxylic acids is 1. The van der Waals surface area contributed by atoms with E-state index in [9.17, 15) is 13.0 Å². The normalized spacial score (nSPS) is 9.87. The minimum Gasteiger partial charge on any atom is -0.726 e. The standard InChI is InChI=1S/C12H26O4S.C2H4O2.Li.Na/c1-2-3-4-5-6-7-8-9-10-11-12-16-17(13,14)15;1-2(3)4;;/h2-12H2,1H3,(H,13,14,15);1H3,(H,3,4);;/q;;2*+1/p-2. The third-order valence-electron chi connectivity index (χ3n) is 2.73. The second-order valence-corrected chi connectivity index (χ2v) is 5.96. The maximum absolute atomic E-state index is 10.1. The predicted molar refractivity (Wildman–Crippen MR) is 78.2 cm³/mol. The van der Waals surface area contributed by atoms with Crippen LogP contribution in [0, 0.1) is 0 Å². The summed E-state index contributed by atoms with van der Waals surface area (Å²) in [6, 6.07) is 0. The van der Waals surface area contributed by atoms with Gasteiger partial charge in [0.15, 0.2) is 0 Å². The van der Waals surface area contributed by atoms with Crippen LogP contribution in [0.4, 0.5) is 0 Å². The molecule has 128 valence electrons. The Kier molecular flexibility index (Phi) is 31.6. The van der Waals surface area contributed by atoms with Crippen LogP contribution in [0.1, 0.15) is 78.1 Å². The minimum absolute atomic E-state index is 0. The summed E-state index contributed by atoms with van der Waals surface area (Å²) >= 11 is 0. The Morgan fingerprint density at radius 3 is 1.52 bits per heavy atom. The first kappa shape index (κ1) is 31.7. The van der Waals surface area contributed by atoms with Crippen LogP contribution in [-0.4, -0.2) is 25.5 Å². The van der Waals surface area contributed by atoms with Crippen LogP contribution in [0.3, 0.4) is 0 Å². The van der Waals surface area contributed by atoms with E-state index in [0.29, 0.717) is 6.42 Å². The van der Waals surface area contributed by atoms with Gasteiger partial charge in [0.1, 0.15) is 0 Å². The molecule has 0 heterocycles. The van der Waals surface area contributed by atoms with Crippen molar-refractivity contribution < 1.29 is 75.5 Å². The molecule has 0 aliphatic rings. The van der Waals surface area contributed by atoms with Gasteiger partial charge in [-0.2, -0.15) is 0 Å². The zero-order valence-corrected chi connectivity index (χ0v) is 18.0. The molecule has 0 aliphatic heterocycles. The molecule has 0 spiro atoms. The number of carbonyl (C=O) groups excluding carboxylic acids is 1. The Bertz CT molecular complexity index is 334. The van der Waals surface area contributed by atoms with Gasteiger partial charge in [-0.3, -0.25) is 4.18 Å². The van der Waals surface area contributed by atoms with E-state index in [1.807, 2.05) is 0 Å². The van der Waals surface area contributed by atoms with Gasteiger partial charge in [-0.25, -0.2) is 8.42 Å². The van der Waals surface area contributed by atoms with Crippen LogP contribution in [0.25, 0.3) is 0 Å². The Morgan fingerprint density at radius 1 is 0.913 bits per heavy atom. The van der Waals surface area contributed by atoms with E-state index < -0.39 is 16.4 Å². The first-order chi connectivity index (χ1) is 9.79.